The van der Waals surface area contributed by atoms with Gasteiger partial charge in [0.25, 0.3) is 0 Å². The number of anilines is 1. The zero-order valence-electron chi connectivity index (χ0n) is 8.61. The molecule has 1 aliphatic heterocycles. The van der Waals surface area contributed by atoms with Crippen LogP contribution >= 0.6 is 0 Å². The molecule has 0 radical (unpaired) electrons. The van der Waals surface area contributed by atoms with Crippen molar-refractivity contribution in [2.24, 2.45) is 0 Å². The number of nitrogen functional groups attached to an aromatic ring is 1. The number of benzene rings is 1. The van der Waals surface area contributed by atoms with Gasteiger partial charge in [0.15, 0.2) is 0 Å². The number of esters is 1. The van der Waals surface area contributed by atoms with Crippen LogP contribution in [0.3, 0.4) is 0 Å². The highest BCUT2D eigenvalue weighted by Gasteiger charge is 2.21. The minimum absolute atomic E-state index is 0.129. The molecule has 5 heteroatoms. The van der Waals surface area contributed by atoms with E-state index in [1.807, 2.05) is 0 Å². The maximum atomic E-state index is 13.0. The molecular formula is C11H12FNO3. The van der Waals surface area contributed by atoms with Gasteiger partial charge in [0.05, 0.1) is 18.8 Å². The highest BCUT2D eigenvalue weighted by molar-refractivity contribution is 5.90. The lowest BCUT2D eigenvalue weighted by atomic mass is 10.2. The van der Waals surface area contributed by atoms with Gasteiger partial charge < -0.3 is 15.2 Å². The quantitative estimate of drug-likeness (QED) is 0.609. The Morgan fingerprint density at radius 2 is 2.31 bits per heavy atom. The number of hydrogen-bond donors (Lipinski definition) is 1. The summed E-state index contributed by atoms with van der Waals surface area (Å²) in [6.45, 7) is 0.986. The monoisotopic (exact) mass is 225 g/mol. The van der Waals surface area contributed by atoms with Crippen molar-refractivity contribution in [3.8, 4) is 0 Å². The first-order chi connectivity index (χ1) is 7.65. The molecule has 4 nitrogen and oxygen atoms in total. The molecule has 1 unspecified atom stereocenters. The first-order valence-electron chi connectivity index (χ1n) is 5.00. The fourth-order valence-corrected chi connectivity index (χ4v) is 1.56. The van der Waals surface area contributed by atoms with Gasteiger partial charge in [0, 0.05) is 12.1 Å². The van der Waals surface area contributed by atoms with Crippen LogP contribution < -0.4 is 5.73 Å². The smallest absolute Gasteiger partial charge is 0.338 e. The van der Waals surface area contributed by atoms with Crippen LogP contribution in [0.25, 0.3) is 0 Å². The summed E-state index contributed by atoms with van der Waals surface area (Å²) in [5.74, 6) is -1.11. The summed E-state index contributed by atoms with van der Waals surface area (Å²) in [7, 11) is 0. The third-order valence-corrected chi connectivity index (χ3v) is 2.32. The van der Waals surface area contributed by atoms with E-state index in [1.165, 1.54) is 6.07 Å². The summed E-state index contributed by atoms with van der Waals surface area (Å²) in [5, 5.41) is 0. The van der Waals surface area contributed by atoms with E-state index in [0.717, 1.165) is 12.1 Å². The molecule has 0 aromatic heterocycles. The molecule has 1 fully saturated rings. The number of carbonyl (C=O) groups is 1. The van der Waals surface area contributed by atoms with Crippen molar-refractivity contribution in [2.45, 2.75) is 12.5 Å². The Morgan fingerprint density at radius 1 is 1.50 bits per heavy atom. The molecule has 1 aliphatic rings. The van der Waals surface area contributed by atoms with Crippen molar-refractivity contribution in [1.82, 2.24) is 0 Å². The fraction of sp³-hybridized carbons (Fsp3) is 0.364. The van der Waals surface area contributed by atoms with E-state index in [4.69, 9.17) is 15.2 Å². The number of carbonyl (C=O) groups excluding carboxylic acids is 1. The first-order valence-corrected chi connectivity index (χ1v) is 5.00. The minimum atomic E-state index is -0.568. The van der Waals surface area contributed by atoms with Crippen LogP contribution in [0.1, 0.15) is 16.8 Å². The average molecular weight is 225 g/mol. The fourth-order valence-electron chi connectivity index (χ4n) is 1.56. The number of rotatable bonds is 2. The standard InChI is InChI=1S/C11H12FNO3/c12-8-3-7(4-9(13)5-8)11(14)16-10-1-2-15-6-10/h3-5,10H,1-2,6,13H2. The molecule has 1 heterocycles. The van der Waals surface area contributed by atoms with Crippen molar-refractivity contribution in [3.63, 3.8) is 0 Å². The van der Waals surface area contributed by atoms with E-state index >= 15 is 0 Å². The molecule has 16 heavy (non-hydrogen) atoms. The third kappa shape index (κ3) is 2.49. The van der Waals surface area contributed by atoms with Crippen LogP contribution in [0.15, 0.2) is 18.2 Å². The predicted octanol–water partition coefficient (Wildman–Crippen LogP) is 1.35. The second-order valence-electron chi connectivity index (χ2n) is 3.66. The van der Waals surface area contributed by atoms with Crippen LogP contribution in [-0.2, 0) is 9.47 Å². The van der Waals surface area contributed by atoms with Crippen molar-refractivity contribution in [2.75, 3.05) is 18.9 Å². The summed E-state index contributed by atoms with van der Waals surface area (Å²) < 4.78 is 23.2. The van der Waals surface area contributed by atoms with E-state index in [9.17, 15) is 9.18 Å². The Balaban J connectivity index is 2.07. The maximum Gasteiger partial charge on any atom is 0.338 e. The molecule has 0 amide bonds. The minimum Gasteiger partial charge on any atom is -0.456 e. The van der Waals surface area contributed by atoms with Gasteiger partial charge in [0.2, 0.25) is 0 Å². The van der Waals surface area contributed by atoms with Crippen LogP contribution in [0.5, 0.6) is 0 Å². The molecule has 86 valence electrons. The van der Waals surface area contributed by atoms with E-state index in [2.05, 4.69) is 0 Å². The van der Waals surface area contributed by atoms with Crippen LogP contribution in [-0.4, -0.2) is 25.3 Å². The van der Waals surface area contributed by atoms with Crippen molar-refractivity contribution < 1.29 is 18.7 Å². The van der Waals surface area contributed by atoms with Crippen LogP contribution in [0.4, 0.5) is 10.1 Å². The lowest BCUT2D eigenvalue weighted by Crippen LogP contribution is -2.18. The molecule has 1 saturated heterocycles. The molecule has 1 aromatic rings. The SMILES string of the molecule is Nc1cc(F)cc(C(=O)OC2CCOC2)c1. The number of nitrogens with two attached hydrogens (primary N) is 1. The Kier molecular flexibility index (Phi) is 3.05. The highest BCUT2D eigenvalue weighted by Crippen LogP contribution is 2.15. The first kappa shape index (κ1) is 10.9. The zero-order valence-corrected chi connectivity index (χ0v) is 8.61. The number of ether oxygens (including phenoxy) is 2. The van der Waals surface area contributed by atoms with Gasteiger partial charge in [-0.25, -0.2) is 9.18 Å². The van der Waals surface area contributed by atoms with E-state index in [-0.39, 0.29) is 17.4 Å². The zero-order chi connectivity index (χ0) is 11.5. The second-order valence-corrected chi connectivity index (χ2v) is 3.66. The topological polar surface area (TPSA) is 61.6 Å². The Hall–Kier alpha value is -1.62. The van der Waals surface area contributed by atoms with Gasteiger partial charge in [-0.15, -0.1) is 0 Å². The van der Waals surface area contributed by atoms with Crippen molar-refractivity contribution in [3.05, 3.63) is 29.6 Å². The van der Waals surface area contributed by atoms with Gasteiger partial charge >= 0.3 is 5.97 Å². The molecule has 0 aliphatic carbocycles. The molecular weight excluding hydrogens is 213 g/mol. The van der Waals surface area contributed by atoms with Crippen molar-refractivity contribution in [1.29, 1.82) is 0 Å². The number of halogens is 1. The van der Waals surface area contributed by atoms with Gasteiger partial charge in [-0.2, -0.15) is 0 Å². The number of hydrogen-bond acceptors (Lipinski definition) is 4. The largest absolute Gasteiger partial charge is 0.456 e. The molecule has 2 rings (SSSR count). The molecule has 1 aromatic carbocycles. The molecule has 1 atom stereocenters. The van der Waals surface area contributed by atoms with Gasteiger partial charge in [-0.1, -0.05) is 0 Å². The lowest BCUT2D eigenvalue weighted by Gasteiger charge is -2.10. The molecule has 0 spiro atoms. The van der Waals surface area contributed by atoms with E-state index in [0.29, 0.717) is 19.6 Å². The predicted molar refractivity (Wildman–Crippen MR) is 55.5 cm³/mol. The van der Waals surface area contributed by atoms with Gasteiger partial charge in [-0.3, -0.25) is 0 Å². The Labute approximate surface area is 92.1 Å². The van der Waals surface area contributed by atoms with E-state index < -0.39 is 11.8 Å². The normalized spacial score (nSPS) is 19.7. The lowest BCUT2D eigenvalue weighted by molar-refractivity contribution is 0.0270. The highest BCUT2D eigenvalue weighted by atomic mass is 19.1. The van der Waals surface area contributed by atoms with Gasteiger partial charge in [0.1, 0.15) is 11.9 Å². The summed E-state index contributed by atoms with van der Waals surface area (Å²) >= 11 is 0. The summed E-state index contributed by atoms with van der Waals surface area (Å²) in [5.41, 5.74) is 5.77. The van der Waals surface area contributed by atoms with E-state index in [1.54, 1.807) is 0 Å². The third-order valence-electron chi connectivity index (χ3n) is 2.32. The van der Waals surface area contributed by atoms with Crippen LogP contribution in [0, 0.1) is 5.82 Å². The Morgan fingerprint density at radius 3 is 2.94 bits per heavy atom. The summed E-state index contributed by atoms with van der Waals surface area (Å²) in [6, 6.07) is 3.64. The average Bonchev–Trinajstić information content (AvgIpc) is 2.68. The summed E-state index contributed by atoms with van der Waals surface area (Å²) in [4.78, 5) is 11.6. The summed E-state index contributed by atoms with van der Waals surface area (Å²) in [6.07, 6.45) is 0.438. The van der Waals surface area contributed by atoms with Gasteiger partial charge in [-0.05, 0) is 18.2 Å². The Bertz CT molecular complexity index is 382. The molecule has 0 bridgehead atoms. The second kappa shape index (κ2) is 4.49. The molecule has 0 saturated carbocycles. The molecule has 2 N–H and O–H groups in total. The van der Waals surface area contributed by atoms with Crippen molar-refractivity contribution >= 4 is 11.7 Å². The van der Waals surface area contributed by atoms with Crippen LogP contribution in [0.2, 0.25) is 0 Å². The maximum absolute atomic E-state index is 13.0.